The predicted octanol–water partition coefficient (Wildman–Crippen LogP) is 0.967. The number of hydrogen-bond donors (Lipinski definition) is 2. The fourth-order valence-corrected chi connectivity index (χ4v) is 2.33. The van der Waals surface area contributed by atoms with Gasteiger partial charge < -0.3 is 5.73 Å². The molecule has 3 N–H and O–H groups in total. The molecule has 0 radical (unpaired) electrons. The average molecular weight is 286 g/mol. The Hall–Kier alpha value is -1.19. The molecule has 0 unspecified atom stereocenters. The number of nitrogens with one attached hydrogen (secondary N) is 1. The van der Waals surface area contributed by atoms with Crippen LogP contribution in [0.5, 0.6) is 0 Å². The molecule has 102 valence electrons. The van der Waals surface area contributed by atoms with Gasteiger partial charge in [-0.2, -0.15) is 0 Å². The van der Waals surface area contributed by atoms with E-state index in [1.165, 1.54) is 4.72 Å². The van der Waals surface area contributed by atoms with E-state index in [0.29, 0.717) is 12.1 Å². The maximum absolute atomic E-state index is 13.6. The van der Waals surface area contributed by atoms with E-state index in [0.717, 1.165) is 0 Å². The minimum atomic E-state index is -4.46. The highest BCUT2D eigenvalue weighted by Crippen LogP contribution is 2.20. The van der Waals surface area contributed by atoms with E-state index in [4.69, 9.17) is 5.73 Å². The lowest BCUT2D eigenvalue weighted by atomic mass is 10.2. The monoisotopic (exact) mass is 286 g/mol. The van der Waals surface area contributed by atoms with Crippen LogP contribution in [0.3, 0.4) is 0 Å². The summed E-state index contributed by atoms with van der Waals surface area (Å²) in [6.07, 6.45) is -2.92. The van der Waals surface area contributed by atoms with Gasteiger partial charge in [-0.15, -0.1) is 0 Å². The Morgan fingerprint density at radius 1 is 1.28 bits per heavy atom. The van der Waals surface area contributed by atoms with Crippen molar-refractivity contribution in [1.29, 1.82) is 0 Å². The van der Waals surface area contributed by atoms with Crippen molar-refractivity contribution in [2.45, 2.75) is 17.9 Å². The normalized spacial score (nSPS) is 12.1. The first kappa shape index (κ1) is 14.9. The summed E-state index contributed by atoms with van der Waals surface area (Å²) in [7, 11) is -4.46. The molecular formula is C9H10F4N2O2S. The van der Waals surface area contributed by atoms with Crippen molar-refractivity contribution in [3.8, 4) is 0 Å². The van der Waals surface area contributed by atoms with Gasteiger partial charge in [-0.05, 0) is 12.1 Å². The molecule has 1 aromatic rings. The summed E-state index contributed by atoms with van der Waals surface area (Å²) in [5, 5.41) is 0. The minimum Gasteiger partial charge on any atom is -0.326 e. The number of hydrogen-bond acceptors (Lipinski definition) is 3. The quantitative estimate of drug-likeness (QED) is 0.792. The lowest BCUT2D eigenvalue weighted by Gasteiger charge is -2.10. The van der Waals surface area contributed by atoms with Crippen LogP contribution in [0.2, 0.25) is 0 Å². The van der Waals surface area contributed by atoms with E-state index in [1.54, 1.807) is 0 Å². The number of rotatable bonds is 5. The van der Waals surface area contributed by atoms with Crippen molar-refractivity contribution < 1.29 is 26.0 Å². The highest BCUT2D eigenvalue weighted by molar-refractivity contribution is 7.89. The van der Waals surface area contributed by atoms with Crippen LogP contribution in [-0.2, 0) is 16.6 Å². The molecule has 0 bridgehead atoms. The third-order valence-electron chi connectivity index (χ3n) is 2.07. The Labute approximate surface area is 101 Å². The second kappa shape index (κ2) is 5.63. The van der Waals surface area contributed by atoms with Crippen LogP contribution >= 0.6 is 0 Å². The second-order valence-corrected chi connectivity index (χ2v) is 5.02. The number of halogens is 4. The molecule has 0 fully saturated rings. The SMILES string of the molecule is NCc1c(F)ccc(S(=O)(=O)NCC(F)F)c1F. The Balaban J connectivity index is 3.17. The third kappa shape index (κ3) is 3.18. The van der Waals surface area contributed by atoms with Crippen molar-refractivity contribution in [2.75, 3.05) is 6.54 Å². The van der Waals surface area contributed by atoms with Gasteiger partial charge in [0.25, 0.3) is 6.43 Å². The van der Waals surface area contributed by atoms with E-state index >= 15 is 0 Å². The largest absolute Gasteiger partial charge is 0.326 e. The molecule has 0 aliphatic rings. The zero-order valence-electron chi connectivity index (χ0n) is 8.96. The molecule has 18 heavy (non-hydrogen) atoms. The van der Waals surface area contributed by atoms with E-state index in [2.05, 4.69) is 0 Å². The topological polar surface area (TPSA) is 72.2 Å². The zero-order valence-corrected chi connectivity index (χ0v) is 9.78. The third-order valence-corrected chi connectivity index (χ3v) is 3.51. The van der Waals surface area contributed by atoms with Crippen molar-refractivity contribution in [2.24, 2.45) is 5.73 Å². The van der Waals surface area contributed by atoms with Crippen LogP contribution in [-0.4, -0.2) is 21.4 Å². The summed E-state index contributed by atoms with van der Waals surface area (Å²) in [4.78, 5) is -0.912. The van der Waals surface area contributed by atoms with Gasteiger partial charge in [-0.25, -0.2) is 30.7 Å². The molecule has 0 amide bonds. The van der Waals surface area contributed by atoms with E-state index in [9.17, 15) is 26.0 Å². The Bertz CT molecular complexity index is 534. The van der Waals surface area contributed by atoms with E-state index in [-0.39, 0.29) is 0 Å². The lowest BCUT2D eigenvalue weighted by molar-refractivity contribution is 0.153. The number of nitrogens with two attached hydrogens (primary N) is 1. The van der Waals surface area contributed by atoms with Crippen LogP contribution in [0.1, 0.15) is 5.56 Å². The first-order chi connectivity index (χ1) is 8.29. The van der Waals surface area contributed by atoms with Crippen molar-refractivity contribution in [3.63, 3.8) is 0 Å². The molecule has 0 atom stereocenters. The van der Waals surface area contributed by atoms with Crippen molar-refractivity contribution in [1.82, 2.24) is 4.72 Å². The average Bonchev–Trinajstić information content (AvgIpc) is 2.27. The summed E-state index contributed by atoms with van der Waals surface area (Å²) < 4.78 is 75.0. The van der Waals surface area contributed by atoms with E-state index in [1.807, 2.05) is 0 Å². The Morgan fingerprint density at radius 3 is 2.39 bits per heavy atom. The van der Waals surface area contributed by atoms with Gasteiger partial charge in [0.15, 0.2) is 5.82 Å². The van der Waals surface area contributed by atoms with Gasteiger partial charge in [0.05, 0.1) is 6.54 Å². The molecule has 1 rings (SSSR count). The molecule has 0 aliphatic heterocycles. The molecule has 1 aromatic carbocycles. The predicted molar refractivity (Wildman–Crippen MR) is 55.4 cm³/mol. The molecule has 0 aromatic heterocycles. The highest BCUT2D eigenvalue weighted by atomic mass is 32.2. The lowest BCUT2D eigenvalue weighted by Crippen LogP contribution is -2.29. The fraction of sp³-hybridized carbons (Fsp3) is 0.333. The molecule has 9 heteroatoms. The molecular weight excluding hydrogens is 276 g/mol. The van der Waals surface area contributed by atoms with Gasteiger partial charge in [0, 0.05) is 12.1 Å². The Morgan fingerprint density at radius 2 is 1.89 bits per heavy atom. The number of sulfonamides is 1. The molecule has 0 spiro atoms. The molecule has 0 heterocycles. The van der Waals surface area contributed by atoms with Gasteiger partial charge in [0.2, 0.25) is 10.0 Å². The second-order valence-electron chi connectivity index (χ2n) is 3.29. The summed E-state index contributed by atoms with van der Waals surface area (Å²) >= 11 is 0. The van der Waals surface area contributed by atoms with Crippen LogP contribution in [0.15, 0.2) is 17.0 Å². The molecule has 0 saturated carbocycles. The van der Waals surface area contributed by atoms with Crippen LogP contribution < -0.4 is 10.5 Å². The van der Waals surface area contributed by atoms with Gasteiger partial charge >= 0.3 is 0 Å². The molecule has 4 nitrogen and oxygen atoms in total. The number of benzene rings is 1. The van der Waals surface area contributed by atoms with Gasteiger partial charge in [0.1, 0.15) is 10.7 Å². The Kier molecular flexibility index (Phi) is 4.65. The van der Waals surface area contributed by atoms with Crippen LogP contribution in [0.4, 0.5) is 17.6 Å². The molecule has 0 saturated heterocycles. The first-order valence-corrected chi connectivity index (χ1v) is 6.22. The number of alkyl halides is 2. The summed E-state index contributed by atoms with van der Waals surface area (Å²) in [6.45, 7) is -1.70. The van der Waals surface area contributed by atoms with Crippen LogP contribution in [0, 0.1) is 11.6 Å². The van der Waals surface area contributed by atoms with Crippen LogP contribution in [0.25, 0.3) is 0 Å². The first-order valence-electron chi connectivity index (χ1n) is 4.74. The highest BCUT2D eigenvalue weighted by Gasteiger charge is 2.23. The standard InChI is InChI=1S/C9H10F4N2O2S/c10-6-1-2-7(9(13)5(6)3-14)18(16,17)15-4-8(11)12/h1-2,8,15H,3-4,14H2. The summed E-state index contributed by atoms with van der Waals surface area (Å²) in [5.74, 6) is -2.37. The smallest absolute Gasteiger partial charge is 0.251 e. The van der Waals surface area contributed by atoms with Gasteiger partial charge in [-0.3, -0.25) is 0 Å². The summed E-state index contributed by atoms with van der Waals surface area (Å²) in [6, 6.07) is 1.36. The molecule has 0 aliphatic carbocycles. The van der Waals surface area contributed by atoms with E-state index < -0.39 is 51.6 Å². The van der Waals surface area contributed by atoms with Crippen molar-refractivity contribution in [3.05, 3.63) is 29.3 Å². The van der Waals surface area contributed by atoms with Gasteiger partial charge in [-0.1, -0.05) is 0 Å². The maximum atomic E-state index is 13.6. The van der Waals surface area contributed by atoms with Crippen molar-refractivity contribution >= 4 is 10.0 Å². The summed E-state index contributed by atoms with van der Waals surface area (Å²) in [5.41, 5.74) is 4.45. The maximum Gasteiger partial charge on any atom is 0.251 e. The zero-order chi connectivity index (χ0) is 13.9. The minimum absolute atomic E-state index is 0.546. The fourth-order valence-electron chi connectivity index (χ4n) is 1.22.